The van der Waals surface area contributed by atoms with E-state index in [0.29, 0.717) is 5.56 Å². The summed E-state index contributed by atoms with van der Waals surface area (Å²) in [5, 5.41) is 12.0. The van der Waals surface area contributed by atoms with E-state index in [2.05, 4.69) is 11.2 Å². The maximum absolute atomic E-state index is 10.6. The molecule has 0 atom stereocenters. The molecule has 0 fully saturated rings. The molecule has 84 valence electrons. The number of rotatable bonds is 6. The molecule has 0 saturated carbocycles. The number of benzene rings is 1. The van der Waals surface area contributed by atoms with E-state index in [4.69, 9.17) is 11.5 Å². The fourth-order valence-electron chi connectivity index (χ4n) is 1.31. The van der Waals surface area contributed by atoms with Gasteiger partial charge in [0.05, 0.1) is 5.56 Å². The van der Waals surface area contributed by atoms with Crippen molar-refractivity contribution in [2.75, 3.05) is 6.54 Å². The minimum absolute atomic E-state index is 0.316. The highest BCUT2D eigenvalue weighted by Gasteiger charge is 2.00. The van der Waals surface area contributed by atoms with E-state index in [9.17, 15) is 4.79 Å². The lowest BCUT2D eigenvalue weighted by Gasteiger charge is -2.03. The third kappa shape index (κ3) is 4.16. The molecule has 2 N–H and O–H groups in total. The minimum Gasteiger partial charge on any atom is -0.478 e. The quantitative estimate of drug-likeness (QED) is 0.565. The number of hydrogen-bond acceptors (Lipinski definition) is 2. The molecule has 0 saturated heterocycles. The molecular weight excluding hydrogens is 202 g/mol. The topological polar surface area (TPSA) is 49.3 Å². The van der Waals surface area contributed by atoms with Gasteiger partial charge in [0.1, 0.15) is 0 Å². The first-order valence-electron chi connectivity index (χ1n) is 5.20. The number of unbranched alkanes of at least 4 members (excludes halogenated alkanes) is 1. The van der Waals surface area contributed by atoms with Crippen LogP contribution >= 0.6 is 0 Å². The second-order valence-corrected chi connectivity index (χ2v) is 3.49. The molecule has 0 spiro atoms. The van der Waals surface area contributed by atoms with E-state index in [1.807, 2.05) is 12.1 Å². The summed E-state index contributed by atoms with van der Waals surface area (Å²) < 4.78 is 0. The van der Waals surface area contributed by atoms with Gasteiger partial charge in [-0.05, 0) is 30.7 Å². The Kier molecular flexibility index (Phi) is 5.10. The van der Waals surface area contributed by atoms with Gasteiger partial charge in [-0.3, -0.25) is 0 Å². The monoisotopic (exact) mass is 217 g/mol. The van der Waals surface area contributed by atoms with Crippen molar-refractivity contribution in [3.63, 3.8) is 0 Å². The van der Waals surface area contributed by atoms with Gasteiger partial charge in [-0.2, -0.15) is 0 Å². The third-order valence-electron chi connectivity index (χ3n) is 2.20. The van der Waals surface area contributed by atoms with Gasteiger partial charge in [-0.25, -0.2) is 4.79 Å². The average molecular weight is 217 g/mol. The largest absolute Gasteiger partial charge is 0.478 e. The predicted octanol–water partition coefficient (Wildman–Crippen LogP) is 1.89. The van der Waals surface area contributed by atoms with Gasteiger partial charge in [0.25, 0.3) is 0 Å². The fraction of sp³-hybridized carbons (Fsp3) is 0.308. The molecular formula is C13H15NO2. The molecule has 0 amide bonds. The molecule has 0 heterocycles. The number of terminal acetylenes is 1. The molecule has 1 aromatic rings. The van der Waals surface area contributed by atoms with Crippen LogP contribution in [0.2, 0.25) is 0 Å². The molecule has 0 bridgehead atoms. The normalized spacial score (nSPS) is 9.69. The second kappa shape index (κ2) is 6.65. The van der Waals surface area contributed by atoms with Crippen molar-refractivity contribution in [2.45, 2.75) is 19.4 Å². The van der Waals surface area contributed by atoms with Gasteiger partial charge in [-0.1, -0.05) is 12.1 Å². The predicted molar refractivity (Wildman–Crippen MR) is 63.2 cm³/mol. The first-order valence-corrected chi connectivity index (χ1v) is 5.20. The van der Waals surface area contributed by atoms with Crippen molar-refractivity contribution in [1.82, 2.24) is 5.32 Å². The second-order valence-electron chi connectivity index (χ2n) is 3.49. The number of nitrogens with one attached hydrogen (secondary N) is 1. The van der Waals surface area contributed by atoms with Crippen molar-refractivity contribution in [1.29, 1.82) is 0 Å². The van der Waals surface area contributed by atoms with Gasteiger partial charge in [-0.15, -0.1) is 12.3 Å². The Hall–Kier alpha value is -1.79. The third-order valence-corrected chi connectivity index (χ3v) is 2.20. The Morgan fingerprint density at radius 3 is 2.62 bits per heavy atom. The van der Waals surface area contributed by atoms with E-state index in [0.717, 1.165) is 31.5 Å². The van der Waals surface area contributed by atoms with Crippen molar-refractivity contribution in [2.24, 2.45) is 0 Å². The van der Waals surface area contributed by atoms with Crippen LogP contribution in [0.3, 0.4) is 0 Å². The fourth-order valence-corrected chi connectivity index (χ4v) is 1.31. The maximum Gasteiger partial charge on any atom is 0.335 e. The SMILES string of the molecule is C#CCCCNCc1ccc(C(=O)O)cc1. The Labute approximate surface area is 95.5 Å². The molecule has 0 aliphatic heterocycles. The van der Waals surface area contributed by atoms with Crippen molar-refractivity contribution >= 4 is 5.97 Å². The first-order chi connectivity index (χ1) is 7.74. The summed E-state index contributed by atoms with van der Waals surface area (Å²) in [6.45, 7) is 1.62. The summed E-state index contributed by atoms with van der Waals surface area (Å²) in [5.74, 6) is 1.69. The Morgan fingerprint density at radius 2 is 2.06 bits per heavy atom. The van der Waals surface area contributed by atoms with Crippen LogP contribution in [0, 0.1) is 12.3 Å². The lowest BCUT2D eigenvalue weighted by Crippen LogP contribution is -2.14. The van der Waals surface area contributed by atoms with Crippen LogP contribution in [-0.2, 0) is 6.54 Å². The van der Waals surface area contributed by atoms with Gasteiger partial charge < -0.3 is 10.4 Å². The summed E-state index contributed by atoms with van der Waals surface area (Å²) >= 11 is 0. The maximum atomic E-state index is 10.6. The zero-order chi connectivity index (χ0) is 11.8. The average Bonchev–Trinajstić information content (AvgIpc) is 2.29. The molecule has 0 unspecified atom stereocenters. The number of carboxylic acid groups (broad SMARTS) is 1. The zero-order valence-corrected chi connectivity index (χ0v) is 9.07. The summed E-state index contributed by atoms with van der Waals surface area (Å²) in [7, 11) is 0. The Balaban J connectivity index is 2.33. The standard InChI is InChI=1S/C13H15NO2/c1-2-3-4-9-14-10-11-5-7-12(8-6-11)13(15)16/h1,5-8,14H,3-4,9-10H2,(H,15,16). The minimum atomic E-state index is -0.895. The van der Waals surface area contributed by atoms with E-state index >= 15 is 0 Å². The van der Waals surface area contributed by atoms with Crippen LogP contribution in [0.5, 0.6) is 0 Å². The van der Waals surface area contributed by atoms with Crippen molar-refractivity contribution in [3.05, 3.63) is 35.4 Å². The highest BCUT2D eigenvalue weighted by atomic mass is 16.4. The number of aromatic carboxylic acids is 1. The van der Waals surface area contributed by atoms with Gasteiger partial charge >= 0.3 is 5.97 Å². The number of hydrogen-bond donors (Lipinski definition) is 2. The highest BCUT2D eigenvalue weighted by molar-refractivity contribution is 5.87. The van der Waals surface area contributed by atoms with Crippen LogP contribution in [0.1, 0.15) is 28.8 Å². The van der Waals surface area contributed by atoms with Gasteiger partial charge in [0, 0.05) is 13.0 Å². The molecule has 1 rings (SSSR count). The number of carbonyl (C=O) groups is 1. The summed E-state index contributed by atoms with van der Waals surface area (Å²) in [4.78, 5) is 10.6. The van der Waals surface area contributed by atoms with E-state index in [1.54, 1.807) is 12.1 Å². The molecule has 3 nitrogen and oxygen atoms in total. The summed E-state index contributed by atoms with van der Waals surface area (Å²) in [6, 6.07) is 6.86. The summed E-state index contributed by atoms with van der Waals surface area (Å²) in [6.07, 6.45) is 6.88. The Bertz CT molecular complexity index is 376. The Morgan fingerprint density at radius 1 is 1.38 bits per heavy atom. The summed E-state index contributed by atoms with van der Waals surface area (Å²) in [5.41, 5.74) is 1.39. The molecule has 1 aromatic carbocycles. The van der Waals surface area contributed by atoms with Crippen LogP contribution < -0.4 is 5.32 Å². The smallest absolute Gasteiger partial charge is 0.335 e. The molecule has 3 heteroatoms. The van der Waals surface area contributed by atoms with Gasteiger partial charge in [0.15, 0.2) is 0 Å². The van der Waals surface area contributed by atoms with E-state index in [1.165, 1.54) is 0 Å². The first kappa shape index (κ1) is 12.3. The van der Waals surface area contributed by atoms with Crippen LogP contribution in [0.25, 0.3) is 0 Å². The molecule has 16 heavy (non-hydrogen) atoms. The van der Waals surface area contributed by atoms with Crippen LogP contribution in [-0.4, -0.2) is 17.6 Å². The van der Waals surface area contributed by atoms with E-state index < -0.39 is 5.97 Å². The van der Waals surface area contributed by atoms with E-state index in [-0.39, 0.29) is 0 Å². The molecule has 0 radical (unpaired) electrons. The van der Waals surface area contributed by atoms with Gasteiger partial charge in [0.2, 0.25) is 0 Å². The molecule has 0 aliphatic carbocycles. The number of carboxylic acids is 1. The zero-order valence-electron chi connectivity index (χ0n) is 9.07. The molecule has 0 aromatic heterocycles. The molecule has 0 aliphatic rings. The van der Waals surface area contributed by atoms with Crippen LogP contribution in [0.4, 0.5) is 0 Å². The van der Waals surface area contributed by atoms with Crippen molar-refractivity contribution in [3.8, 4) is 12.3 Å². The van der Waals surface area contributed by atoms with Crippen molar-refractivity contribution < 1.29 is 9.90 Å². The lowest BCUT2D eigenvalue weighted by atomic mass is 10.1. The van der Waals surface area contributed by atoms with Crippen LogP contribution in [0.15, 0.2) is 24.3 Å². The highest BCUT2D eigenvalue weighted by Crippen LogP contribution is 2.04. The lowest BCUT2D eigenvalue weighted by molar-refractivity contribution is 0.0697.